The van der Waals surface area contributed by atoms with Gasteiger partial charge in [-0.2, -0.15) is 13.2 Å². The quantitative estimate of drug-likeness (QED) is 0.894. The minimum atomic E-state index is -4.54. The molecule has 1 N–H and O–H groups in total. The first-order chi connectivity index (χ1) is 12.5. The van der Waals surface area contributed by atoms with Crippen molar-refractivity contribution >= 4 is 5.82 Å². The monoisotopic (exact) mass is 364 g/mol. The summed E-state index contributed by atoms with van der Waals surface area (Å²) in [4.78, 5) is 12.0. The molecule has 138 valence electrons. The van der Waals surface area contributed by atoms with Crippen LogP contribution in [0.1, 0.15) is 31.4 Å². The number of rotatable bonds is 3. The fourth-order valence-corrected chi connectivity index (χ4v) is 3.84. The largest absolute Gasteiger partial charge is 0.433 e. The number of hydrogen-bond acceptors (Lipinski definition) is 5. The zero-order valence-corrected chi connectivity index (χ0v) is 14.0. The lowest BCUT2D eigenvalue weighted by Gasteiger charge is -2.33. The van der Waals surface area contributed by atoms with Crippen molar-refractivity contribution in [2.75, 3.05) is 11.9 Å². The maximum absolute atomic E-state index is 13.3. The summed E-state index contributed by atoms with van der Waals surface area (Å²) in [7, 11) is 0. The van der Waals surface area contributed by atoms with Gasteiger partial charge in [0.25, 0.3) is 0 Å². The van der Waals surface area contributed by atoms with Gasteiger partial charge in [0.15, 0.2) is 11.5 Å². The molecule has 3 atom stereocenters. The Morgan fingerprint density at radius 1 is 1.15 bits per heavy atom. The van der Waals surface area contributed by atoms with Crippen LogP contribution in [0.25, 0.3) is 11.4 Å². The van der Waals surface area contributed by atoms with Gasteiger partial charge in [-0.25, -0.2) is 9.97 Å². The fraction of sp³-hybridized carbons (Fsp3) is 0.500. The van der Waals surface area contributed by atoms with Crippen LogP contribution in [0.2, 0.25) is 0 Å². The highest BCUT2D eigenvalue weighted by atomic mass is 19.4. The van der Waals surface area contributed by atoms with Crippen LogP contribution in [0.5, 0.6) is 0 Å². The van der Waals surface area contributed by atoms with Gasteiger partial charge >= 0.3 is 6.18 Å². The molecule has 1 saturated carbocycles. The first kappa shape index (κ1) is 17.2. The van der Waals surface area contributed by atoms with Crippen molar-refractivity contribution in [3.8, 4) is 11.4 Å². The molecule has 0 amide bonds. The number of pyridine rings is 1. The third-order valence-corrected chi connectivity index (χ3v) is 5.05. The van der Waals surface area contributed by atoms with E-state index >= 15 is 0 Å². The van der Waals surface area contributed by atoms with Gasteiger partial charge in [0, 0.05) is 42.6 Å². The molecular formula is C18H19F3N4O. The standard InChI is InChI=1S/C18H19F3N4O/c19-18(20,21)15-9-16(25-17(24-15)11-3-2-7-22-10-11)23-13-4-1-5-14-12(13)6-8-26-14/h2-3,7,9-10,12-14H,1,4-6,8H2,(H,23,24,25). The van der Waals surface area contributed by atoms with Crippen LogP contribution in [-0.4, -0.2) is 33.7 Å². The van der Waals surface area contributed by atoms with Crippen LogP contribution < -0.4 is 5.32 Å². The van der Waals surface area contributed by atoms with Gasteiger partial charge in [0.1, 0.15) is 5.82 Å². The lowest BCUT2D eigenvalue weighted by molar-refractivity contribution is -0.141. The van der Waals surface area contributed by atoms with E-state index in [0.717, 1.165) is 31.7 Å². The number of ether oxygens (including phenoxy) is 1. The summed E-state index contributed by atoms with van der Waals surface area (Å²) in [6.45, 7) is 0.714. The third-order valence-electron chi connectivity index (χ3n) is 5.05. The zero-order valence-electron chi connectivity index (χ0n) is 14.0. The maximum Gasteiger partial charge on any atom is 0.433 e. The van der Waals surface area contributed by atoms with Crippen molar-refractivity contribution in [1.82, 2.24) is 15.0 Å². The summed E-state index contributed by atoms with van der Waals surface area (Å²) in [5.41, 5.74) is -0.503. The van der Waals surface area contributed by atoms with Crippen LogP contribution in [0.3, 0.4) is 0 Å². The highest BCUT2D eigenvalue weighted by molar-refractivity contribution is 5.56. The molecule has 1 aliphatic heterocycles. The van der Waals surface area contributed by atoms with Crippen molar-refractivity contribution in [3.05, 3.63) is 36.3 Å². The van der Waals surface area contributed by atoms with Crippen molar-refractivity contribution in [2.24, 2.45) is 5.92 Å². The molecule has 5 nitrogen and oxygen atoms in total. The first-order valence-corrected chi connectivity index (χ1v) is 8.75. The van der Waals surface area contributed by atoms with Gasteiger partial charge in [-0.05, 0) is 37.8 Å². The van der Waals surface area contributed by atoms with Gasteiger partial charge in [0.2, 0.25) is 0 Å². The molecule has 8 heteroatoms. The lowest BCUT2D eigenvalue weighted by atomic mass is 9.82. The van der Waals surface area contributed by atoms with E-state index < -0.39 is 11.9 Å². The molecule has 0 bridgehead atoms. The number of aromatic nitrogens is 3. The molecule has 1 aliphatic carbocycles. The normalized spacial score (nSPS) is 25.7. The molecule has 2 fully saturated rings. The summed E-state index contributed by atoms with van der Waals surface area (Å²) < 4.78 is 45.6. The molecular weight excluding hydrogens is 345 g/mol. The van der Waals surface area contributed by atoms with Gasteiger partial charge < -0.3 is 10.1 Å². The Hall–Kier alpha value is -2.22. The number of hydrogen-bond donors (Lipinski definition) is 1. The number of nitrogens with one attached hydrogen (secondary N) is 1. The van der Waals surface area contributed by atoms with Gasteiger partial charge in [-0.15, -0.1) is 0 Å². The molecule has 0 radical (unpaired) electrons. The number of anilines is 1. The van der Waals surface area contributed by atoms with E-state index in [1.165, 1.54) is 6.20 Å². The Labute approximate surface area is 149 Å². The van der Waals surface area contributed by atoms with E-state index in [0.29, 0.717) is 18.1 Å². The van der Waals surface area contributed by atoms with Crippen LogP contribution in [0, 0.1) is 5.92 Å². The summed E-state index contributed by atoms with van der Waals surface area (Å²) in [6, 6.07) is 4.34. The van der Waals surface area contributed by atoms with E-state index in [4.69, 9.17) is 4.74 Å². The predicted octanol–water partition coefficient (Wildman–Crippen LogP) is 3.93. The second-order valence-electron chi connectivity index (χ2n) is 6.74. The molecule has 3 heterocycles. The Morgan fingerprint density at radius 3 is 2.81 bits per heavy atom. The zero-order chi connectivity index (χ0) is 18.1. The Balaban J connectivity index is 1.66. The second kappa shape index (κ2) is 6.83. The Bertz CT molecular complexity index is 769. The average molecular weight is 364 g/mol. The van der Waals surface area contributed by atoms with Crippen molar-refractivity contribution in [1.29, 1.82) is 0 Å². The number of fused-ring (bicyclic) bond motifs is 1. The van der Waals surface area contributed by atoms with E-state index in [2.05, 4.69) is 20.3 Å². The van der Waals surface area contributed by atoms with Crippen LogP contribution >= 0.6 is 0 Å². The molecule has 2 aromatic heterocycles. The van der Waals surface area contributed by atoms with Crippen molar-refractivity contribution in [3.63, 3.8) is 0 Å². The lowest BCUT2D eigenvalue weighted by Crippen LogP contribution is -2.38. The highest BCUT2D eigenvalue weighted by Crippen LogP contribution is 2.37. The molecule has 0 spiro atoms. The molecule has 1 saturated heterocycles. The van der Waals surface area contributed by atoms with Crippen molar-refractivity contribution in [2.45, 2.75) is 44.0 Å². The SMILES string of the molecule is FC(F)(F)c1cc(NC2CCCC3OCCC23)nc(-c2cccnc2)n1. The highest BCUT2D eigenvalue weighted by Gasteiger charge is 2.38. The van der Waals surface area contributed by atoms with E-state index in [1.807, 2.05) is 0 Å². The number of halogens is 3. The predicted molar refractivity (Wildman–Crippen MR) is 89.4 cm³/mol. The minimum Gasteiger partial charge on any atom is -0.378 e. The summed E-state index contributed by atoms with van der Waals surface area (Å²) in [5, 5.41) is 3.22. The van der Waals surface area contributed by atoms with Gasteiger partial charge in [-0.1, -0.05) is 0 Å². The Morgan fingerprint density at radius 2 is 2.04 bits per heavy atom. The smallest absolute Gasteiger partial charge is 0.378 e. The molecule has 0 aromatic carbocycles. The number of alkyl halides is 3. The first-order valence-electron chi connectivity index (χ1n) is 8.75. The maximum atomic E-state index is 13.3. The van der Waals surface area contributed by atoms with Gasteiger partial charge in [0.05, 0.1) is 6.10 Å². The molecule has 26 heavy (non-hydrogen) atoms. The average Bonchev–Trinajstić information content (AvgIpc) is 3.11. The third kappa shape index (κ3) is 3.51. The van der Waals surface area contributed by atoms with E-state index in [1.54, 1.807) is 18.3 Å². The number of nitrogens with zero attached hydrogens (tertiary/aromatic N) is 3. The molecule has 4 rings (SSSR count). The fourth-order valence-electron chi connectivity index (χ4n) is 3.84. The summed E-state index contributed by atoms with van der Waals surface area (Å²) >= 11 is 0. The van der Waals surface area contributed by atoms with E-state index in [9.17, 15) is 13.2 Å². The van der Waals surface area contributed by atoms with Crippen LogP contribution in [0.4, 0.5) is 19.0 Å². The summed E-state index contributed by atoms with van der Waals surface area (Å²) in [6.07, 6.45) is 2.50. The Kier molecular flexibility index (Phi) is 4.52. The van der Waals surface area contributed by atoms with Gasteiger partial charge in [-0.3, -0.25) is 4.98 Å². The molecule has 2 aromatic rings. The second-order valence-corrected chi connectivity index (χ2v) is 6.74. The molecule has 3 unspecified atom stereocenters. The molecule has 2 aliphatic rings. The summed E-state index contributed by atoms with van der Waals surface area (Å²) in [5.74, 6) is 0.532. The topological polar surface area (TPSA) is 59.9 Å². The van der Waals surface area contributed by atoms with Crippen LogP contribution in [-0.2, 0) is 10.9 Å². The van der Waals surface area contributed by atoms with E-state index in [-0.39, 0.29) is 23.8 Å². The minimum absolute atomic E-state index is 0.0189. The van der Waals surface area contributed by atoms with Crippen LogP contribution in [0.15, 0.2) is 30.6 Å². The van der Waals surface area contributed by atoms with Crippen molar-refractivity contribution < 1.29 is 17.9 Å².